The first-order chi connectivity index (χ1) is 19.5. The average molecular weight is 582 g/mol. The monoisotopic (exact) mass is 581 g/mol. The van der Waals surface area contributed by atoms with Gasteiger partial charge in [0.05, 0.1) is 24.8 Å². The number of sulfonamides is 1. The second-order valence-corrected chi connectivity index (χ2v) is 11.7. The molecule has 1 N–H and O–H groups in total. The molecule has 0 radical (unpaired) electrons. The lowest BCUT2D eigenvalue weighted by Gasteiger charge is -2.32. The van der Waals surface area contributed by atoms with Crippen LogP contribution in [-0.4, -0.2) is 58.0 Å². The van der Waals surface area contributed by atoms with E-state index in [4.69, 9.17) is 9.47 Å². The highest BCUT2D eigenvalue weighted by molar-refractivity contribution is 7.92. The van der Waals surface area contributed by atoms with Crippen molar-refractivity contribution < 1.29 is 27.5 Å². The second kappa shape index (κ2) is 14.0. The minimum absolute atomic E-state index is 0.0334. The molecule has 2 atom stereocenters. The van der Waals surface area contributed by atoms with Gasteiger partial charge in [-0.2, -0.15) is 0 Å². The molecule has 41 heavy (non-hydrogen) atoms. The van der Waals surface area contributed by atoms with Crippen molar-refractivity contribution in [3.63, 3.8) is 0 Å². The van der Waals surface area contributed by atoms with Crippen molar-refractivity contribution in [3.05, 3.63) is 83.9 Å². The summed E-state index contributed by atoms with van der Waals surface area (Å²) in [6.45, 7) is 6.88. The van der Waals surface area contributed by atoms with E-state index in [-0.39, 0.29) is 29.1 Å². The second-order valence-electron chi connectivity index (χ2n) is 9.86. The Morgan fingerprint density at radius 3 is 2.12 bits per heavy atom. The standard InChI is InChI=1S/C31H39N3O6S/c1-7-23(3)32-31(36)24(4)33(20-25-14-16-26(39-5)17-15-25)30(35)21-34(28-10-8-9-11-29(28)40-6)41(37,38)27-18-12-22(2)13-19-27/h8-19,23-24H,7,20-21H2,1-6H3,(H,32,36). The van der Waals surface area contributed by atoms with Gasteiger partial charge in [0.2, 0.25) is 11.8 Å². The summed E-state index contributed by atoms with van der Waals surface area (Å²) >= 11 is 0. The van der Waals surface area contributed by atoms with Crippen molar-refractivity contribution in [1.82, 2.24) is 10.2 Å². The topological polar surface area (TPSA) is 105 Å². The largest absolute Gasteiger partial charge is 0.497 e. The predicted octanol–water partition coefficient (Wildman–Crippen LogP) is 4.54. The van der Waals surface area contributed by atoms with E-state index in [9.17, 15) is 18.0 Å². The van der Waals surface area contributed by atoms with Crippen LogP contribution in [0.1, 0.15) is 38.3 Å². The van der Waals surface area contributed by atoms with Crippen LogP contribution in [-0.2, 0) is 26.2 Å². The van der Waals surface area contributed by atoms with E-state index in [1.54, 1.807) is 74.7 Å². The SMILES string of the molecule is CCC(C)NC(=O)C(C)N(Cc1ccc(OC)cc1)C(=O)CN(c1ccccc1OC)S(=O)(=O)c1ccc(C)cc1. The van der Waals surface area contributed by atoms with Gasteiger partial charge in [0, 0.05) is 12.6 Å². The number of anilines is 1. The van der Waals surface area contributed by atoms with Crippen molar-refractivity contribution in [1.29, 1.82) is 0 Å². The molecule has 0 saturated heterocycles. The fourth-order valence-electron chi connectivity index (χ4n) is 4.16. The Morgan fingerprint density at radius 2 is 1.54 bits per heavy atom. The summed E-state index contributed by atoms with van der Waals surface area (Å²) in [6, 6.07) is 19.2. The summed E-state index contributed by atoms with van der Waals surface area (Å²) in [5, 5.41) is 2.93. The Labute approximate surface area is 243 Å². The van der Waals surface area contributed by atoms with E-state index in [2.05, 4.69) is 5.32 Å². The van der Waals surface area contributed by atoms with Gasteiger partial charge in [0.25, 0.3) is 10.0 Å². The van der Waals surface area contributed by atoms with Gasteiger partial charge in [-0.3, -0.25) is 13.9 Å². The van der Waals surface area contributed by atoms with Crippen LogP contribution in [0.4, 0.5) is 5.69 Å². The van der Waals surface area contributed by atoms with Crippen molar-refractivity contribution in [2.75, 3.05) is 25.1 Å². The van der Waals surface area contributed by atoms with Crippen LogP contribution >= 0.6 is 0 Å². The third-order valence-corrected chi connectivity index (χ3v) is 8.70. The average Bonchev–Trinajstić information content (AvgIpc) is 2.98. The molecule has 3 rings (SSSR count). The quantitative estimate of drug-likeness (QED) is 0.318. The normalized spacial score (nSPS) is 12.6. The van der Waals surface area contributed by atoms with Crippen LogP contribution in [0.25, 0.3) is 0 Å². The maximum atomic E-state index is 14.1. The highest BCUT2D eigenvalue weighted by atomic mass is 32.2. The fourth-order valence-corrected chi connectivity index (χ4v) is 5.59. The molecule has 0 heterocycles. The summed E-state index contributed by atoms with van der Waals surface area (Å²) < 4.78 is 39.7. The van der Waals surface area contributed by atoms with E-state index < -0.39 is 28.5 Å². The lowest BCUT2D eigenvalue weighted by Crippen LogP contribution is -2.52. The van der Waals surface area contributed by atoms with E-state index in [1.807, 2.05) is 20.8 Å². The van der Waals surface area contributed by atoms with Gasteiger partial charge in [-0.1, -0.05) is 48.9 Å². The lowest BCUT2D eigenvalue weighted by molar-refractivity contribution is -0.139. The summed E-state index contributed by atoms with van der Waals surface area (Å²) in [6.07, 6.45) is 0.723. The van der Waals surface area contributed by atoms with Gasteiger partial charge in [-0.05, 0) is 69.2 Å². The van der Waals surface area contributed by atoms with Crippen molar-refractivity contribution in [2.45, 2.75) is 57.6 Å². The molecule has 3 aromatic carbocycles. The molecule has 220 valence electrons. The number of para-hydroxylation sites is 2. The van der Waals surface area contributed by atoms with E-state index in [0.29, 0.717) is 11.5 Å². The number of amides is 2. The molecule has 0 saturated carbocycles. The van der Waals surface area contributed by atoms with E-state index in [1.165, 1.54) is 24.1 Å². The Bertz CT molecular complexity index is 1420. The minimum atomic E-state index is -4.19. The Hall–Kier alpha value is -4.05. The summed E-state index contributed by atoms with van der Waals surface area (Å²) in [7, 11) is -1.19. The number of methoxy groups -OCH3 is 2. The van der Waals surface area contributed by atoms with Gasteiger partial charge >= 0.3 is 0 Å². The van der Waals surface area contributed by atoms with Crippen LogP contribution in [0, 0.1) is 6.92 Å². The minimum Gasteiger partial charge on any atom is -0.497 e. The molecule has 0 bridgehead atoms. The zero-order valence-corrected chi connectivity index (χ0v) is 25.3. The number of hydrogen-bond acceptors (Lipinski definition) is 6. The first-order valence-corrected chi connectivity index (χ1v) is 14.9. The lowest BCUT2D eigenvalue weighted by atomic mass is 10.1. The van der Waals surface area contributed by atoms with E-state index in [0.717, 1.165) is 21.9 Å². The fraction of sp³-hybridized carbons (Fsp3) is 0.355. The van der Waals surface area contributed by atoms with Crippen LogP contribution in [0.2, 0.25) is 0 Å². The van der Waals surface area contributed by atoms with Crippen LogP contribution in [0.3, 0.4) is 0 Å². The van der Waals surface area contributed by atoms with Crippen molar-refractivity contribution >= 4 is 27.5 Å². The van der Waals surface area contributed by atoms with Crippen molar-refractivity contribution in [2.24, 2.45) is 0 Å². The molecule has 0 spiro atoms. The highest BCUT2D eigenvalue weighted by Gasteiger charge is 2.34. The van der Waals surface area contributed by atoms with Gasteiger partial charge < -0.3 is 19.7 Å². The third-order valence-electron chi connectivity index (χ3n) is 6.92. The Balaban J connectivity index is 2.05. The molecule has 0 aromatic heterocycles. The first-order valence-electron chi connectivity index (χ1n) is 13.5. The molecule has 3 aromatic rings. The van der Waals surface area contributed by atoms with Crippen LogP contribution < -0.4 is 19.1 Å². The molecule has 2 unspecified atom stereocenters. The zero-order chi connectivity index (χ0) is 30.2. The van der Waals surface area contributed by atoms with Gasteiger partial charge in [-0.25, -0.2) is 8.42 Å². The molecule has 10 heteroatoms. The maximum Gasteiger partial charge on any atom is 0.264 e. The number of aryl methyl sites for hydroxylation is 1. The Morgan fingerprint density at radius 1 is 0.902 bits per heavy atom. The van der Waals surface area contributed by atoms with Gasteiger partial charge in [0.15, 0.2) is 0 Å². The molecule has 0 fully saturated rings. The summed E-state index contributed by atoms with van der Waals surface area (Å²) in [5.41, 5.74) is 1.87. The number of nitrogens with one attached hydrogen (secondary N) is 1. The molecule has 0 aliphatic rings. The molecule has 0 aliphatic heterocycles. The number of hydrogen-bond donors (Lipinski definition) is 1. The first kappa shape index (κ1) is 31.5. The van der Waals surface area contributed by atoms with Gasteiger partial charge in [-0.15, -0.1) is 0 Å². The zero-order valence-electron chi connectivity index (χ0n) is 24.5. The number of benzene rings is 3. The van der Waals surface area contributed by atoms with Crippen LogP contribution in [0.5, 0.6) is 11.5 Å². The smallest absolute Gasteiger partial charge is 0.264 e. The molecule has 0 aliphatic carbocycles. The van der Waals surface area contributed by atoms with Crippen LogP contribution in [0.15, 0.2) is 77.7 Å². The molecular formula is C31H39N3O6S. The third kappa shape index (κ3) is 7.79. The maximum absolute atomic E-state index is 14.1. The summed E-state index contributed by atoms with van der Waals surface area (Å²) in [5.74, 6) is 0.0710. The summed E-state index contributed by atoms with van der Waals surface area (Å²) in [4.78, 5) is 28.7. The number of carbonyl (C=O) groups excluding carboxylic acids is 2. The molecular weight excluding hydrogens is 542 g/mol. The van der Waals surface area contributed by atoms with Crippen molar-refractivity contribution in [3.8, 4) is 11.5 Å². The molecule has 2 amide bonds. The number of rotatable bonds is 13. The number of nitrogens with zero attached hydrogens (tertiary/aromatic N) is 2. The molecule has 9 nitrogen and oxygen atoms in total. The Kier molecular flexibility index (Phi) is 10.8. The number of ether oxygens (including phenoxy) is 2. The highest BCUT2D eigenvalue weighted by Crippen LogP contribution is 2.32. The van der Waals surface area contributed by atoms with E-state index >= 15 is 0 Å². The predicted molar refractivity (Wildman–Crippen MR) is 160 cm³/mol. The number of carbonyl (C=O) groups is 2. The van der Waals surface area contributed by atoms with Gasteiger partial charge in [0.1, 0.15) is 24.1 Å².